The van der Waals surface area contributed by atoms with Gasteiger partial charge < -0.3 is 15.5 Å². The van der Waals surface area contributed by atoms with E-state index in [2.05, 4.69) is 15.0 Å². The number of urea groups is 1. The Kier molecular flexibility index (Phi) is 4.57. The highest BCUT2D eigenvalue weighted by Crippen LogP contribution is 2.28. The van der Waals surface area contributed by atoms with Gasteiger partial charge in [0.1, 0.15) is 4.90 Å². The van der Waals surface area contributed by atoms with Crippen LogP contribution in [0.1, 0.15) is 18.4 Å². The van der Waals surface area contributed by atoms with Crippen LogP contribution in [0.15, 0.2) is 63.9 Å². The summed E-state index contributed by atoms with van der Waals surface area (Å²) in [6.45, 7) is 1.28. The van der Waals surface area contributed by atoms with Crippen molar-refractivity contribution in [2.45, 2.75) is 23.8 Å². The SMILES string of the molecule is O=C(Nc1ccccc1)NC1CCN(C2=NS(=O)(=O)c3ccccc32)CC1. The molecular weight excluding hydrogens is 364 g/mol. The number of carbonyl (C=O) groups is 1. The first-order valence-corrected chi connectivity index (χ1v) is 10.3. The maximum Gasteiger partial charge on any atom is 0.319 e. The lowest BCUT2D eigenvalue weighted by Crippen LogP contribution is -2.47. The average Bonchev–Trinajstić information content (AvgIpc) is 2.95. The number of anilines is 1. The summed E-state index contributed by atoms with van der Waals surface area (Å²) in [5.74, 6) is 0.512. The molecule has 140 valence electrons. The predicted molar refractivity (Wildman–Crippen MR) is 103 cm³/mol. The van der Waals surface area contributed by atoms with Gasteiger partial charge in [-0.05, 0) is 37.1 Å². The minimum atomic E-state index is -3.60. The standard InChI is InChI=1S/C19H20N4O3S/c24-19(20-14-6-2-1-3-7-14)21-15-10-12-23(13-11-15)18-16-8-4-5-9-17(16)27(25,26)22-18/h1-9,15H,10-13H2,(H2,20,21,24). The number of amidine groups is 1. The van der Waals surface area contributed by atoms with Crippen molar-refractivity contribution in [1.82, 2.24) is 10.2 Å². The fraction of sp³-hybridized carbons (Fsp3) is 0.263. The molecular formula is C19H20N4O3S. The van der Waals surface area contributed by atoms with Gasteiger partial charge in [0.2, 0.25) is 0 Å². The van der Waals surface area contributed by atoms with Crippen molar-refractivity contribution >= 4 is 27.6 Å². The largest absolute Gasteiger partial charge is 0.355 e. The summed E-state index contributed by atoms with van der Waals surface area (Å²) in [6.07, 6.45) is 1.45. The molecule has 1 saturated heterocycles. The topological polar surface area (TPSA) is 90.9 Å². The highest BCUT2D eigenvalue weighted by molar-refractivity contribution is 7.90. The highest BCUT2D eigenvalue weighted by atomic mass is 32.2. The zero-order valence-electron chi connectivity index (χ0n) is 14.6. The number of piperidine rings is 1. The molecule has 0 saturated carbocycles. The molecule has 27 heavy (non-hydrogen) atoms. The minimum absolute atomic E-state index is 0.0406. The van der Waals surface area contributed by atoms with Crippen LogP contribution in [0.3, 0.4) is 0 Å². The maximum atomic E-state index is 12.2. The van der Waals surface area contributed by atoms with Crippen molar-refractivity contribution in [1.29, 1.82) is 0 Å². The van der Waals surface area contributed by atoms with Crippen molar-refractivity contribution in [3.05, 3.63) is 60.2 Å². The fourth-order valence-corrected chi connectivity index (χ4v) is 4.65. The average molecular weight is 384 g/mol. The van der Waals surface area contributed by atoms with Gasteiger partial charge in [0, 0.05) is 30.4 Å². The van der Waals surface area contributed by atoms with E-state index in [9.17, 15) is 13.2 Å². The molecule has 2 aromatic rings. The number of hydrogen-bond donors (Lipinski definition) is 2. The second-order valence-corrected chi connectivity index (χ2v) is 8.18. The predicted octanol–water partition coefficient (Wildman–Crippen LogP) is 2.42. The molecule has 2 heterocycles. The molecule has 2 aromatic carbocycles. The zero-order chi connectivity index (χ0) is 18.9. The van der Waals surface area contributed by atoms with Crippen LogP contribution in [0, 0.1) is 0 Å². The lowest BCUT2D eigenvalue weighted by atomic mass is 10.0. The van der Waals surface area contributed by atoms with E-state index >= 15 is 0 Å². The van der Waals surface area contributed by atoms with Crippen LogP contribution >= 0.6 is 0 Å². The first kappa shape index (κ1) is 17.5. The number of carbonyl (C=O) groups excluding carboxylic acids is 1. The molecule has 7 nitrogen and oxygen atoms in total. The van der Waals surface area contributed by atoms with Gasteiger partial charge in [0.15, 0.2) is 5.84 Å². The fourth-order valence-electron chi connectivity index (χ4n) is 3.43. The Morgan fingerprint density at radius 2 is 1.67 bits per heavy atom. The van der Waals surface area contributed by atoms with Crippen LogP contribution in [0.5, 0.6) is 0 Å². The molecule has 0 atom stereocenters. The van der Waals surface area contributed by atoms with Gasteiger partial charge in [-0.15, -0.1) is 4.40 Å². The zero-order valence-corrected chi connectivity index (χ0v) is 15.4. The van der Waals surface area contributed by atoms with Gasteiger partial charge in [0.05, 0.1) is 0 Å². The number of para-hydroxylation sites is 1. The Hall–Kier alpha value is -2.87. The van der Waals surface area contributed by atoms with Crippen LogP contribution in [-0.4, -0.2) is 44.3 Å². The van der Waals surface area contributed by atoms with Crippen molar-refractivity contribution in [2.24, 2.45) is 4.40 Å². The molecule has 4 rings (SSSR count). The summed E-state index contributed by atoms with van der Waals surface area (Å²) >= 11 is 0. The quantitative estimate of drug-likeness (QED) is 0.832. The number of hydrogen-bond acceptors (Lipinski definition) is 4. The number of likely N-dealkylation sites (tertiary alicyclic amines) is 1. The summed E-state index contributed by atoms with van der Waals surface area (Å²) in [6, 6.07) is 16.0. The van der Waals surface area contributed by atoms with E-state index in [-0.39, 0.29) is 17.0 Å². The summed E-state index contributed by atoms with van der Waals surface area (Å²) in [5, 5.41) is 5.79. The number of nitrogens with one attached hydrogen (secondary N) is 2. The molecule has 0 unspecified atom stereocenters. The van der Waals surface area contributed by atoms with Gasteiger partial charge in [-0.3, -0.25) is 0 Å². The summed E-state index contributed by atoms with van der Waals surface area (Å²) in [7, 11) is -3.60. The van der Waals surface area contributed by atoms with E-state index in [0.717, 1.165) is 18.5 Å². The normalized spacial score (nSPS) is 18.5. The molecule has 2 aliphatic rings. The second-order valence-electron chi connectivity index (χ2n) is 6.61. The Bertz CT molecular complexity index is 981. The van der Waals surface area contributed by atoms with Crippen LogP contribution < -0.4 is 10.6 Å². The Morgan fingerprint density at radius 1 is 1.00 bits per heavy atom. The molecule has 2 amide bonds. The van der Waals surface area contributed by atoms with Gasteiger partial charge in [-0.1, -0.05) is 30.3 Å². The van der Waals surface area contributed by atoms with E-state index in [0.29, 0.717) is 24.5 Å². The summed E-state index contributed by atoms with van der Waals surface area (Å²) in [5.41, 5.74) is 1.40. The van der Waals surface area contributed by atoms with Crippen molar-refractivity contribution < 1.29 is 13.2 Å². The molecule has 0 spiro atoms. The van der Waals surface area contributed by atoms with Gasteiger partial charge in [-0.25, -0.2) is 4.79 Å². The van der Waals surface area contributed by atoms with Crippen LogP contribution in [0.2, 0.25) is 0 Å². The first-order chi connectivity index (χ1) is 13.0. The van der Waals surface area contributed by atoms with Crippen molar-refractivity contribution in [2.75, 3.05) is 18.4 Å². The van der Waals surface area contributed by atoms with Crippen LogP contribution in [0.4, 0.5) is 10.5 Å². The number of amides is 2. The molecule has 0 radical (unpaired) electrons. The number of rotatable bonds is 2. The summed E-state index contributed by atoms with van der Waals surface area (Å²) < 4.78 is 28.4. The van der Waals surface area contributed by atoms with E-state index in [1.807, 2.05) is 41.3 Å². The maximum absolute atomic E-state index is 12.2. The smallest absolute Gasteiger partial charge is 0.319 e. The van der Waals surface area contributed by atoms with Crippen molar-refractivity contribution in [3.8, 4) is 0 Å². The highest BCUT2D eigenvalue weighted by Gasteiger charge is 2.33. The molecule has 0 bridgehead atoms. The third kappa shape index (κ3) is 3.66. The Morgan fingerprint density at radius 3 is 2.41 bits per heavy atom. The third-order valence-electron chi connectivity index (χ3n) is 4.77. The molecule has 1 fully saturated rings. The molecule has 0 aliphatic carbocycles. The number of fused-ring (bicyclic) bond motifs is 1. The number of sulfonamides is 1. The monoisotopic (exact) mass is 384 g/mol. The van der Waals surface area contributed by atoms with Gasteiger partial charge >= 0.3 is 6.03 Å². The summed E-state index contributed by atoms with van der Waals surface area (Å²) in [4.78, 5) is 14.4. The van der Waals surface area contributed by atoms with Crippen molar-refractivity contribution in [3.63, 3.8) is 0 Å². The number of nitrogens with zero attached hydrogens (tertiary/aromatic N) is 2. The van der Waals surface area contributed by atoms with E-state index in [1.165, 1.54) is 0 Å². The molecule has 2 N–H and O–H groups in total. The van der Waals surface area contributed by atoms with Gasteiger partial charge in [-0.2, -0.15) is 8.42 Å². The van der Waals surface area contributed by atoms with Crippen LogP contribution in [-0.2, 0) is 10.0 Å². The minimum Gasteiger partial charge on any atom is -0.355 e. The lowest BCUT2D eigenvalue weighted by Gasteiger charge is -2.33. The van der Waals surface area contributed by atoms with E-state index in [4.69, 9.17) is 0 Å². The third-order valence-corrected chi connectivity index (χ3v) is 6.10. The molecule has 2 aliphatic heterocycles. The Labute approximate surface area is 158 Å². The van der Waals surface area contributed by atoms with Gasteiger partial charge in [0.25, 0.3) is 10.0 Å². The number of benzene rings is 2. The van der Waals surface area contributed by atoms with E-state index in [1.54, 1.807) is 18.2 Å². The first-order valence-electron chi connectivity index (χ1n) is 8.85. The lowest BCUT2D eigenvalue weighted by molar-refractivity contribution is 0.237. The second kappa shape index (κ2) is 7.03. The Balaban J connectivity index is 1.37. The molecule has 8 heteroatoms. The van der Waals surface area contributed by atoms with Crippen LogP contribution in [0.25, 0.3) is 0 Å². The molecule has 0 aromatic heterocycles. The van der Waals surface area contributed by atoms with E-state index < -0.39 is 10.0 Å².